The Morgan fingerprint density at radius 2 is 2.00 bits per heavy atom. The number of carbonyl (C=O) groups excluding carboxylic acids is 1. The third-order valence-electron chi connectivity index (χ3n) is 6.48. The van der Waals surface area contributed by atoms with Crippen LogP contribution >= 0.6 is 0 Å². The lowest BCUT2D eigenvalue weighted by Crippen LogP contribution is -2.40. The molecule has 1 aromatic carbocycles. The Hall–Kier alpha value is -4.29. The zero-order chi connectivity index (χ0) is 27.1. The summed E-state index contributed by atoms with van der Waals surface area (Å²) in [6.07, 6.45) is -0.917. The number of benzene rings is 1. The molecule has 1 saturated heterocycles. The van der Waals surface area contributed by atoms with Gasteiger partial charge in [-0.05, 0) is 31.1 Å². The molecule has 3 atom stereocenters. The summed E-state index contributed by atoms with van der Waals surface area (Å²) in [6.45, 7) is 4.40. The van der Waals surface area contributed by atoms with E-state index >= 15 is 4.39 Å². The molecule has 198 valence electrons. The fourth-order valence-corrected chi connectivity index (χ4v) is 4.62. The monoisotopic (exact) mass is 532 g/mol. The standard InChI is InChI=1S/C25H21F5N6O2/c1-2-18(37)35-7-3-4-12(10-35)36-25-19(24(31)32-11-33-25)22(34-36)14-6-5-13(8-15(14)26)38-23-20(29)16(27)9-17(28)21(23)30/h2,5-6,8-9,11-12,20,23H,1,3-4,7,10H2,(H2,31,32,33). The number of nitrogen functional groups attached to an aromatic ring is 1. The molecular formula is C25H21F5N6O2. The van der Waals surface area contributed by atoms with Crippen LogP contribution in [0.4, 0.5) is 27.8 Å². The minimum atomic E-state index is -2.60. The normalized spacial score (nSPS) is 22.0. The fraction of sp³-hybridized carbons (Fsp3) is 0.280. The van der Waals surface area contributed by atoms with E-state index in [2.05, 4.69) is 21.6 Å². The van der Waals surface area contributed by atoms with Crippen LogP contribution in [0, 0.1) is 5.82 Å². The lowest BCUT2D eigenvalue weighted by molar-refractivity contribution is -0.127. The molecule has 2 aliphatic rings. The molecule has 0 spiro atoms. The number of amides is 1. The molecule has 1 aliphatic carbocycles. The maximum Gasteiger partial charge on any atom is 0.246 e. The van der Waals surface area contributed by atoms with Crippen molar-refractivity contribution in [3.63, 3.8) is 0 Å². The molecule has 3 aromatic rings. The number of fused-ring (bicyclic) bond motifs is 1. The average molecular weight is 532 g/mol. The van der Waals surface area contributed by atoms with Crippen LogP contribution in [0.25, 0.3) is 22.3 Å². The van der Waals surface area contributed by atoms with Gasteiger partial charge in [-0.2, -0.15) is 5.10 Å². The Morgan fingerprint density at radius 3 is 2.74 bits per heavy atom. The lowest BCUT2D eigenvalue weighted by atomic mass is 10.1. The maximum absolute atomic E-state index is 15.3. The Kier molecular flexibility index (Phi) is 6.59. The Morgan fingerprint density at radius 1 is 1.21 bits per heavy atom. The number of anilines is 1. The van der Waals surface area contributed by atoms with E-state index in [1.807, 2.05) is 0 Å². The summed E-state index contributed by atoms with van der Waals surface area (Å²) >= 11 is 0. The van der Waals surface area contributed by atoms with Gasteiger partial charge in [0.2, 0.25) is 5.91 Å². The molecule has 1 aliphatic heterocycles. The van der Waals surface area contributed by atoms with E-state index < -0.39 is 35.6 Å². The van der Waals surface area contributed by atoms with E-state index in [1.165, 1.54) is 24.5 Å². The van der Waals surface area contributed by atoms with Crippen LogP contribution in [0.1, 0.15) is 18.9 Å². The smallest absolute Gasteiger partial charge is 0.246 e. The molecule has 1 amide bonds. The van der Waals surface area contributed by atoms with Gasteiger partial charge >= 0.3 is 0 Å². The third kappa shape index (κ3) is 4.37. The van der Waals surface area contributed by atoms with Gasteiger partial charge in [-0.3, -0.25) is 4.79 Å². The molecule has 0 saturated carbocycles. The average Bonchev–Trinajstić information content (AvgIpc) is 3.30. The molecule has 0 radical (unpaired) electrons. The fourth-order valence-electron chi connectivity index (χ4n) is 4.62. The number of rotatable bonds is 5. The predicted octanol–water partition coefficient (Wildman–Crippen LogP) is 4.67. The number of allylic oxidation sites excluding steroid dienone is 2. The molecule has 5 rings (SSSR count). The SMILES string of the molecule is C=CC(=O)N1CCCC(n2nc(-c3ccc(OC4C(F)=C(F)C=C(F)C4F)cc3F)c3c(N)ncnc32)C1. The van der Waals surface area contributed by atoms with E-state index in [4.69, 9.17) is 10.5 Å². The maximum atomic E-state index is 15.3. The summed E-state index contributed by atoms with van der Waals surface area (Å²) in [5.74, 6) is -6.26. The molecule has 2 N–H and O–H groups in total. The lowest BCUT2D eigenvalue weighted by Gasteiger charge is -2.32. The number of halogens is 5. The molecular weight excluding hydrogens is 511 g/mol. The van der Waals surface area contributed by atoms with Crippen molar-refractivity contribution in [1.29, 1.82) is 0 Å². The summed E-state index contributed by atoms with van der Waals surface area (Å²) < 4.78 is 77.3. The van der Waals surface area contributed by atoms with Gasteiger partial charge in [0.15, 0.2) is 29.6 Å². The van der Waals surface area contributed by atoms with Crippen molar-refractivity contribution in [3.8, 4) is 17.0 Å². The van der Waals surface area contributed by atoms with Crippen molar-refractivity contribution >= 4 is 22.8 Å². The first-order valence-electron chi connectivity index (χ1n) is 11.6. The molecule has 0 bridgehead atoms. The van der Waals surface area contributed by atoms with E-state index in [0.717, 1.165) is 6.07 Å². The molecule has 38 heavy (non-hydrogen) atoms. The number of hydrogen-bond acceptors (Lipinski definition) is 6. The Balaban J connectivity index is 1.51. The van der Waals surface area contributed by atoms with E-state index in [1.54, 1.807) is 9.58 Å². The highest BCUT2D eigenvalue weighted by atomic mass is 19.2. The number of hydrogen-bond donors (Lipinski definition) is 1. The van der Waals surface area contributed by atoms with E-state index in [-0.39, 0.29) is 46.2 Å². The van der Waals surface area contributed by atoms with Gasteiger partial charge < -0.3 is 15.4 Å². The summed E-state index contributed by atoms with van der Waals surface area (Å²) in [6, 6.07) is 2.95. The largest absolute Gasteiger partial charge is 0.480 e. The highest BCUT2D eigenvalue weighted by Gasteiger charge is 2.37. The number of piperidine rings is 1. The first-order valence-corrected chi connectivity index (χ1v) is 11.6. The van der Waals surface area contributed by atoms with Crippen molar-refractivity contribution in [2.24, 2.45) is 0 Å². The molecule has 3 heterocycles. The second kappa shape index (κ2) is 9.88. The van der Waals surface area contributed by atoms with Gasteiger partial charge in [0.1, 0.15) is 35.2 Å². The highest BCUT2D eigenvalue weighted by molar-refractivity contribution is 5.98. The van der Waals surface area contributed by atoms with Crippen LogP contribution in [0.3, 0.4) is 0 Å². The topological polar surface area (TPSA) is 99.2 Å². The van der Waals surface area contributed by atoms with Crippen molar-refractivity contribution in [2.75, 3.05) is 18.8 Å². The second-order valence-corrected chi connectivity index (χ2v) is 8.84. The first-order chi connectivity index (χ1) is 18.2. The van der Waals surface area contributed by atoms with Crippen molar-refractivity contribution < 1.29 is 31.5 Å². The zero-order valence-corrected chi connectivity index (χ0v) is 19.8. The van der Waals surface area contributed by atoms with Crippen LogP contribution in [-0.4, -0.2) is 55.9 Å². The van der Waals surface area contributed by atoms with Gasteiger partial charge in [0.25, 0.3) is 0 Å². The molecule has 2 aromatic heterocycles. The number of ether oxygens (including phenoxy) is 1. The summed E-state index contributed by atoms with van der Waals surface area (Å²) in [5, 5.41) is 4.84. The molecule has 8 nitrogen and oxygen atoms in total. The molecule has 3 unspecified atom stereocenters. The molecule has 13 heteroatoms. The van der Waals surface area contributed by atoms with Gasteiger partial charge in [-0.1, -0.05) is 6.58 Å². The van der Waals surface area contributed by atoms with Crippen molar-refractivity contribution in [2.45, 2.75) is 31.2 Å². The Labute approximate surface area is 212 Å². The van der Waals surface area contributed by atoms with Crippen LogP contribution < -0.4 is 10.5 Å². The summed E-state index contributed by atoms with van der Waals surface area (Å²) in [5.41, 5.74) is 6.48. The number of alkyl halides is 1. The van der Waals surface area contributed by atoms with Crippen molar-refractivity contribution in [3.05, 3.63) is 66.6 Å². The number of aromatic nitrogens is 4. The number of likely N-dealkylation sites (tertiary alicyclic amines) is 1. The van der Waals surface area contributed by atoms with Crippen LogP contribution in [0.5, 0.6) is 5.75 Å². The quantitative estimate of drug-likeness (QED) is 0.379. The minimum absolute atomic E-state index is 0.0400. The minimum Gasteiger partial charge on any atom is -0.480 e. The van der Waals surface area contributed by atoms with Gasteiger partial charge in [-0.15, -0.1) is 0 Å². The number of nitrogens with two attached hydrogens (primary N) is 1. The van der Waals surface area contributed by atoms with E-state index in [9.17, 15) is 22.4 Å². The first kappa shape index (κ1) is 25.4. The predicted molar refractivity (Wildman–Crippen MR) is 128 cm³/mol. The van der Waals surface area contributed by atoms with Crippen LogP contribution in [0.2, 0.25) is 0 Å². The van der Waals surface area contributed by atoms with E-state index in [0.29, 0.717) is 31.6 Å². The second-order valence-electron chi connectivity index (χ2n) is 8.84. The summed E-state index contributed by atoms with van der Waals surface area (Å²) in [7, 11) is 0. The summed E-state index contributed by atoms with van der Waals surface area (Å²) in [4.78, 5) is 22.1. The van der Waals surface area contributed by atoms with Gasteiger partial charge in [0.05, 0.1) is 11.4 Å². The highest BCUT2D eigenvalue weighted by Crippen LogP contribution is 2.37. The zero-order valence-electron chi connectivity index (χ0n) is 19.8. The third-order valence-corrected chi connectivity index (χ3v) is 6.48. The van der Waals surface area contributed by atoms with Crippen molar-refractivity contribution in [1.82, 2.24) is 24.6 Å². The van der Waals surface area contributed by atoms with Gasteiger partial charge in [0, 0.05) is 30.8 Å². The van der Waals surface area contributed by atoms with Crippen LogP contribution in [0.15, 0.2) is 60.7 Å². The molecule has 1 fully saturated rings. The number of nitrogens with zero attached hydrogens (tertiary/aromatic N) is 5. The number of carbonyl (C=O) groups is 1. The Bertz CT molecular complexity index is 1500. The van der Waals surface area contributed by atoms with Gasteiger partial charge in [-0.25, -0.2) is 36.6 Å². The van der Waals surface area contributed by atoms with Crippen LogP contribution in [-0.2, 0) is 4.79 Å².